The van der Waals surface area contributed by atoms with Crippen LogP contribution in [0.1, 0.15) is 37.9 Å². The van der Waals surface area contributed by atoms with E-state index < -0.39 is 0 Å². The van der Waals surface area contributed by atoms with Crippen molar-refractivity contribution >= 4 is 11.6 Å². The Balaban J connectivity index is 1.92. The van der Waals surface area contributed by atoms with Gasteiger partial charge in [-0.05, 0) is 37.0 Å². The zero-order valence-corrected chi connectivity index (χ0v) is 11.0. The molecule has 2 atom stereocenters. The van der Waals surface area contributed by atoms with Crippen LogP contribution in [0.2, 0.25) is 5.02 Å². The third-order valence-electron chi connectivity index (χ3n) is 3.20. The van der Waals surface area contributed by atoms with Crippen LogP contribution in [0.3, 0.4) is 0 Å². The molecule has 1 aliphatic carbocycles. The maximum absolute atomic E-state index is 5.98. The molecule has 2 N–H and O–H groups in total. The first-order valence-corrected chi connectivity index (χ1v) is 6.67. The maximum Gasteiger partial charge on any atom is 0.0972 e. The fourth-order valence-corrected chi connectivity index (χ4v) is 2.10. The third kappa shape index (κ3) is 3.98. The summed E-state index contributed by atoms with van der Waals surface area (Å²) in [6.45, 7) is 2.79. The lowest BCUT2D eigenvalue weighted by Crippen LogP contribution is -2.27. The number of nitrogens with two attached hydrogens (primary N) is 1. The first-order chi connectivity index (χ1) is 8.16. The molecule has 0 bridgehead atoms. The molecule has 1 fully saturated rings. The molecule has 17 heavy (non-hydrogen) atoms. The van der Waals surface area contributed by atoms with Crippen LogP contribution in [0.5, 0.6) is 0 Å². The van der Waals surface area contributed by atoms with Crippen LogP contribution in [0.15, 0.2) is 24.3 Å². The quantitative estimate of drug-likeness (QED) is 0.842. The Morgan fingerprint density at radius 3 is 2.53 bits per heavy atom. The van der Waals surface area contributed by atoms with Crippen LogP contribution < -0.4 is 5.73 Å². The van der Waals surface area contributed by atoms with Crippen LogP contribution in [0, 0.1) is 5.92 Å². The molecule has 0 aliphatic heterocycles. The van der Waals surface area contributed by atoms with Gasteiger partial charge in [-0.25, -0.2) is 0 Å². The molecule has 3 heteroatoms. The lowest BCUT2D eigenvalue weighted by atomic mass is 10.0. The number of ether oxygens (including phenoxy) is 1. The molecule has 1 aromatic rings. The Kier molecular flexibility index (Phi) is 4.43. The lowest BCUT2D eigenvalue weighted by molar-refractivity contribution is 0.0347. The molecular formula is C14H20ClNO. The van der Waals surface area contributed by atoms with Crippen molar-refractivity contribution in [3.63, 3.8) is 0 Å². The molecule has 0 saturated heterocycles. The van der Waals surface area contributed by atoms with Gasteiger partial charge in [-0.1, -0.05) is 36.6 Å². The molecule has 0 amide bonds. The van der Waals surface area contributed by atoms with E-state index in [1.54, 1.807) is 0 Å². The molecule has 0 heterocycles. The van der Waals surface area contributed by atoms with E-state index >= 15 is 0 Å². The molecule has 0 spiro atoms. The van der Waals surface area contributed by atoms with E-state index in [9.17, 15) is 0 Å². The van der Waals surface area contributed by atoms with Crippen LogP contribution in [-0.4, -0.2) is 12.6 Å². The monoisotopic (exact) mass is 253 g/mol. The molecule has 2 unspecified atom stereocenters. The number of benzene rings is 1. The fourth-order valence-electron chi connectivity index (χ4n) is 1.97. The normalized spacial score (nSPS) is 19.0. The van der Waals surface area contributed by atoms with Crippen LogP contribution in [-0.2, 0) is 4.74 Å². The highest BCUT2D eigenvalue weighted by molar-refractivity contribution is 6.30. The van der Waals surface area contributed by atoms with Crippen molar-refractivity contribution in [2.45, 2.75) is 38.3 Å². The zero-order valence-electron chi connectivity index (χ0n) is 10.2. The minimum absolute atomic E-state index is 0.00428. The van der Waals surface area contributed by atoms with Crippen molar-refractivity contribution < 1.29 is 4.74 Å². The second kappa shape index (κ2) is 5.85. The van der Waals surface area contributed by atoms with Gasteiger partial charge in [0.25, 0.3) is 0 Å². The molecule has 94 valence electrons. The smallest absolute Gasteiger partial charge is 0.0972 e. The topological polar surface area (TPSA) is 35.2 Å². The van der Waals surface area contributed by atoms with E-state index in [1.165, 1.54) is 12.8 Å². The highest BCUT2D eigenvalue weighted by Gasteiger charge is 2.22. The molecule has 1 aromatic carbocycles. The van der Waals surface area contributed by atoms with Gasteiger partial charge in [0.05, 0.1) is 6.10 Å². The van der Waals surface area contributed by atoms with E-state index in [-0.39, 0.29) is 12.1 Å². The van der Waals surface area contributed by atoms with Gasteiger partial charge in [0.2, 0.25) is 0 Å². The van der Waals surface area contributed by atoms with E-state index in [1.807, 2.05) is 31.2 Å². The average Bonchev–Trinajstić information content (AvgIpc) is 3.09. The largest absolute Gasteiger partial charge is 0.372 e. The Morgan fingerprint density at radius 1 is 1.35 bits per heavy atom. The second-order valence-electron chi connectivity index (χ2n) is 4.93. The van der Waals surface area contributed by atoms with Gasteiger partial charge in [0.15, 0.2) is 0 Å². The number of halogens is 1. The van der Waals surface area contributed by atoms with Crippen molar-refractivity contribution in [2.24, 2.45) is 11.7 Å². The Morgan fingerprint density at radius 2 is 2.00 bits per heavy atom. The molecule has 2 nitrogen and oxygen atoms in total. The zero-order chi connectivity index (χ0) is 12.3. The first kappa shape index (κ1) is 12.9. The predicted molar refractivity (Wildman–Crippen MR) is 71.1 cm³/mol. The molecule has 0 aromatic heterocycles. The highest BCUT2D eigenvalue weighted by Crippen LogP contribution is 2.33. The van der Waals surface area contributed by atoms with Crippen molar-refractivity contribution in [3.8, 4) is 0 Å². The van der Waals surface area contributed by atoms with Gasteiger partial charge >= 0.3 is 0 Å². The first-order valence-electron chi connectivity index (χ1n) is 6.29. The summed E-state index contributed by atoms with van der Waals surface area (Å²) in [6, 6.07) is 7.75. The van der Waals surface area contributed by atoms with Crippen molar-refractivity contribution in [1.82, 2.24) is 0 Å². The van der Waals surface area contributed by atoms with Gasteiger partial charge in [-0.15, -0.1) is 0 Å². The van der Waals surface area contributed by atoms with Crippen LogP contribution in [0.4, 0.5) is 0 Å². The summed E-state index contributed by atoms with van der Waals surface area (Å²) >= 11 is 5.88. The second-order valence-corrected chi connectivity index (χ2v) is 5.37. The molecule has 1 saturated carbocycles. The van der Waals surface area contributed by atoms with Crippen molar-refractivity contribution in [3.05, 3.63) is 34.9 Å². The lowest BCUT2D eigenvalue weighted by Gasteiger charge is -2.22. The fraction of sp³-hybridized carbons (Fsp3) is 0.571. The van der Waals surface area contributed by atoms with E-state index in [0.717, 1.165) is 29.5 Å². The minimum Gasteiger partial charge on any atom is -0.372 e. The predicted octanol–water partition coefficient (Wildman–Crippen LogP) is 3.55. The summed E-state index contributed by atoms with van der Waals surface area (Å²) in [7, 11) is 0. The molecular weight excluding hydrogens is 234 g/mol. The summed E-state index contributed by atoms with van der Waals surface area (Å²) in [6.07, 6.45) is 3.88. The van der Waals surface area contributed by atoms with Crippen molar-refractivity contribution in [1.29, 1.82) is 0 Å². The average molecular weight is 254 g/mol. The van der Waals surface area contributed by atoms with Crippen LogP contribution in [0.25, 0.3) is 0 Å². The molecule has 1 aliphatic rings. The summed E-state index contributed by atoms with van der Waals surface area (Å²) in [5.41, 5.74) is 7.09. The SMILES string of the molecule is CC(N)C(OCCC1CC1)c1ccc(Cl)cc1. The van der Waals surface area contributed by atoms with Gasteiger partial charge < -0.3 is 10.5 Å². The minimum atomic E-state index is -0.0222. The number of hydrogen-bond acceptors (Lipinski definition) is 2. The van der Waals surface area contributed by atoms with E-state index in [2.05, 4.69) is 0 Å². The summed E-state index contributed by atoms with van der Waals surface area (Å²) in [5, 5.41) is 0.746. The summed E-state index contributed by atoms with van der Waals surface area (Å²) in [5.74, 6) is 0.897. The summed E-state index contributed by atoms with van der Waals surface area (Å²) in [4.78, 5) is 0. The number of hydrogen-bond donors (Lipinski definition) is 1. The standard InChI is InChI=1S/C14H20ClNO/c1-10(16)14(17-9-8-11-2-3-11)12-4-6-13(15)7-5-12/h4-7,10-11,14H,2-3,8-9,16H2,1H3. The van der Waals surface area contributed by atoms with Crippen molar-refractivity contribution in [2.75, 3.05) is 6.61 Å². The molecule has 2 rings (SSSR count). The Bertz CT molecular complexity index is 346. The Labute approximate surface area is 108 Å². The van der Waals surface area contributed by atoms with Gasteiger partial charge in [0.1, 0.15) is 0 Å². The third-order valence-corrected chi connectivity index (χ3v) is 3.45. The highest BCUT2D eigenvalue weighted by atomic mass is 35.5. The summed E-state index contributed by atoms with van der Waals surface area (Å²) < 4.78 is 5.91. The maximum atomic E-state index is 5.98. The van der Waals surface area contributed by atoms with Gasteiger partial charge in [-0.2, -0.15) is 0 Å². The van der Waals surface area contributed by atoms with Gasteiger partial charge in [0, 0.05) is 17.7 Å². The van der Waals surface area contributed by atoms with Gasteiger partial charge in [-0.3, -0.25) is 0 Å². The van der Waals surface area contributed by atoms with Crippen LogP contribution >= 0.6 is 11.6 Å². The Hall–Kier alpha value is -0.570. The van der Waals surface area contributed by atoms with E-state index in [4.69, 9.17) is 22.1 Å². The number of rotatable bonds is 6. The van der Waals surface area contributed by atoms with E-state index in [0.29, 0.717) is 0 Å². The molecule has 0 radical (unpaired) electrons.